The summed E-state index contributed by atoms with van der Waals surface area (Å²) >= 11 is 1.36. The highest BCUT2D eigenvalue weighted by Crippen LogP contribution is 2.30. The molecule has 0 saturated heterocycles. The molecule has 3 rings (SSSR count). The summed E-state index contributed by atoms with van der Waals surface area (Å²) in [5.41, 5.74) is 0. The van der Waals surface area contributed by atoms with Crippen LogP contribution < -0.4 is 5.32 Å². The second kappa shape index (κ2) is 4.78. The summed E-state index contributed by atoms with van der Waals surface area (Å²) in [7, 11) is 0. The van der Waals surface area contributed by atoms with Crippen molar-refractivity contribution in [2.75, 3.05) is 11.9 Å². The van der Waals surface area contributed by atoms with Crippen LogP contribution in [0.15, 0.2) is 11.6 Å². The average Bonchev–Trinajstić information content (AvgIpc) is 3.00. The Morgan fingerprint density at radius 3 is 3.16 bits per heavy atom. The maximum atomic E-state index is 11.1. The van der Waals surface area contributed by atoms with Gasteiger partial charge in [-0.3, -0.25) is 0 Å². The summed E-state index contributed by atoms with van der Waals surface area (Å²) in [6.45, 7) is 0.521. The van der Waals surface area contributed by atoms with E-state index in [1.165, 1.54) is 15.7 Å². The molecule has 2 aromatic rings. The fourth-order valence-electron chi connectivity index (χ4n) is 2.55. The maximum absolute atomic E-state index is 11.1. The summed E-state index contributed by atoms with van der Waals surface area (Å²) in [6.07, 6.45) is 4.10. The summed E-state index contributed by atoms with van der Waals surface area (Å²) in [6, 6.07) is 0. The third kappa shape index (κ3) is 2.17. The topological polar surface area (TPSA) is 92.7 Å². The molecular formula is C11H14N4O3S. The minimum Gasteiger partial charge on any atom is -0.393 e. The highest BCUT2D eigenvalue weighted by molar-refractivity contribution is 7.15. The summed E-state index contributed by atoms with van der Waals surface area (Å²) in [4.78, 5) is 15.5. The molecule has 1 aliphatic rings. The van der Waals surface area contributed by atoms with E-state index in [4.69, 9.17) is 0 Å². The van der Waals surface area contributed by atoms with E-state index >= 15 is 0 Å². The minimum atomic E-state index is -0.430. The van der Waals surface area contributed by atoms with Gasteiger partial charge in [-0.2, -0.15) is 9.38 Å². The zero-order chi connectivity index (χ0) is 13.4. The second-order valence-corrected chi connectivity index (χ2v) is 5.61. The lowest BCUT2D eigenvalue weighted by molar-refractivity contribution is -0.389. The molecule has 2 atom stereocenters. The van der Waals surface area contributed by atoms with E-state index in [1.54, 1.807) is 11.6 Å². The molecule has 0 bridgehead atoms. The number of aliphatic hydroxyl groups is 1. The van der Waals surface area contributed by atoms with Crippen molar-refractivity contribution in [1.82, 2.24) is 9.38 Å². The van der Waals surface area contributed by atoms with Crippen LogP contribution in [-0.4, -0.2) is 32.1 Å². The monoisotopic (exact) mass is 282 g/mol. The van der Waals surface area contributed by atoms with Crippen LogP contribution in [0, 0.1) is 16.0 Å². The molecule has 2 aromatic heterocycles. The number of nitro groups is 1. The van der Waals surface area contributed by atoms with Gasteiger partial charge in [0.25, 0.3) is 4.96 Å². The van der Waals surface area contributed by atoms with E-state index in [-0.39, 0.29) is 23.7 Å². The molecule has 19 heavy (non-hydrogen) atoms. The summed E-state index contributed by atoms with van der Waals surface area (Å²) < 4.78 is 1.47. The van der Waals surface area contributed by atoms with E-state index < -0.39 is 4.92 Å². The number of fused-ring (bicyclic) bond motifs is 1. The number of hydrogen-bond acceptors (Lipinski definition) is 6. The molecular weight excluding hydrogens is 268 g/mol. The van der Waals surface area contributed by atoms with Crippen LogP contribution in [0.3, 0.4) is 0 Å². The van der Waals surface area contributed by atoms with Gasteiger partial charge in [0.1, 0.15) is 6.20 Å². The van der Waals surface area contributed by atoms with Gasteiger partial charge in [0.2, 0.25) is 5.82 Å². The van der Waals surface area contributed by atoms with Crippen molar-refractivity contribution >= 4 is 27.9 Å². The smallest absolute Gasteiger partial charge is 0.372 e. The minimum absolute atomic E-state index is 0.0382. The number of aromatic nitrogens is 2. The molecule has 7 nitrogen and oxygen atoms in total. The summed E-state index contributed by atoms with van der Waals surface area (Å²) in [5.74, 6) is 0.402. The van der Waals surface area contributed by atoms with Gasteiger partial charge < -0.3 is 20.5 Å². The van der Waals surface area contributed by atoms with E-state index in [0.29, 0.717) is 11.5 Å². The lowest BCUT2D eigenvalue weighted by Gasteiger charge is -2.14. The van der Waals surface area contributed by atoms with Gasteiger partial charge in [-0.1, -0.05) is 17.8 Å². The van der Waals surface area contributed by atoms with Crippen molar-refractivity contribution in [2.45, 2.75) is 25.4 Å². The molecule has 0 radical (unpaired) electrons. The normalized spacial score (nSPS) is 23.0. The van der Waals surface area contributed by atoms with Crippen molar-refractivity contribution in [3.05, 3.63) is 21.7 Å². The van der Waals surface area contributed by atoms with Crippen LogP contribution >= 0.6 is 11.3 Å². The molecule has 0 amide bonds. The molecule has 2 N–H and O–H groups in total. The van der Waals surface area contributed by atoms with Gasteiger partial charge in [0.05, 0.1) is 6.10 Å². The Morgan fingerprint density at radius 2 is 2.47 bits per heavy atom. The highest BCUT2D eigenvalue weighted by Gasteiger charge is 2.28. The fourth-order valence-corrected chi connectivity index (χ4v) is 3.26. The molecule has 8 heteroatoms. The quantitative estimate of drug-likeness (QED) is 0.659. The lowest BCUT2D eigenvalue weighted by atomic mass is 10.1. The Hall–Kier alpha value is -1.67. The van der Waals surface area contributed by atoms with Crippen molar-refractivity contribution in [1.29, 1.82) is 0 Å². The van der Waals surface area contributed by atoms with Crippen molar-refractivity contribution in [3.8, 4) is 0 Å². The largest absolute Gasteiger partial charge is 0.393 e. The van der Waals surface area contributed by atoms with E-state index in [1.807, 2.05) is 0 Å². The van der Waals surface area contributed by atoms with E-state index in [9.17, 15) is 15.2 Å². The zero-order valence-electron chi connectivity index (χ0n) is 10.2. The van der Waals surface area contributed by atoms with Crippen molar-refractivity contribution in [2.24, 2.45) is 5.92 Å². The Bertz CT molecular complexity index is 608. The fraction of sp³-hybridized carbons (Fsp3) is 0.545. The molecule has 2 heterocycles. The SMILES string of the molecule is O=[N+]([O-])c1c(NCC2CCCC2O)nc2sccn12. The molecule has 102 valence electrons. The maximum Gasteiger partial charge on any atom is 0.372 e. The van der Waals surface area contributed by atoms with Gasteiger partial charge in [-0.15, -0.1) is 0 Å². The van der Waals surface area contributed by atoms with Gasteiger partial charge in [-0.05, 0) is 17.8 Å². The predicted octanol–water partition coefficient (Wildman–Crippen LogP) is 1.88. The lowest BCUT2D eigenvalue weighted by Crippen LogP contribution is -2.22. The van der Waals surface area contributed by atoms with Crippen LogP contribution in [0.2, 0.25) is 0 Å². The predicted molar refractivity (Wildman–Crippen MR) is 71.6 cm³/mol. The van der Waals surface area contributed by atoms with Crippen LogP contribution in [0.4, 0.5) is 11.6 Å². The molecule has 0 spiro atoms. The Kier molecular flexibility index (Phi) is 3.11. The average molecular weight is 282 g/mol. The molecule has 0 aliphatic heterocycles. The van der Waals surface area contributed by atoms with Crippen LogP contribution in [0.5, 0.6) is 0 Å². The first-order chi connectivity index (χ1) is 9.16. The Morgan fingerprint density at radius 1 is 1.63 bits per heavy atom. The summed E-state index contributed by atoms with van der Waals surface area (Å²) in [5, 5.41) is 25.6. The molecule has 1 saturated carbocycles. The number of hydrogen-bond donors (Lipinski definition) is 2. The standard InChI is InChI=1S/C11H14N4O3S/c16-8-3-1-2-7(8)6-12-9-10(15(17)18)14-4-5-19-11(14)13-9/h4-5,7-8,12,16H,1-3,6H2. The molecule has 1 aliphatic carbocycles. The molecule has 0 aromatic carbocycles. The van der Waals surface area contributed by atoms with Gasteiger partial charge in [0.15, 0.2) is 0 Å². The Balaban J connectivity index is 1.82. The number of thiazole rings is 1. The van der Waals surface area contributed by atoms with Gasteiger partial charge >= 0.3 is 5.82 Å². The number of nitrogens with zero attached hydrogens (tertiary/aromatic N) is 3. The van der Waals surface area contributed by atoms with E-state index in [0.717, 1.165) is 19.3 Å². The Labute approximate surface area is 113 Å². The van der Waals surface area contributed by atoms with Crippen LogP contribution in [-0.2, 0) is 0 Å². The number of aliphatic hydroxyl groups excluding tert-OH is 1. The van der Waals surface area contributed by atoms with Gasteiger partial charge in [0, 0.05) is 17.8 Å². The third-order valence-electron chi connectivity index (χ3n) is 3.56. The number of anilines is 1. The van der Waals surface area contributed by atoms with E-state index in [2.05, 4.69) is 10.3 Å². The van der Waals surface area contributed by atoms with Crippen LogP contribution in [0.1, 0.15) is 19.3 Å². The van der Waals surface area contributed by atoms with Crippen molar-refractivity contribution in [3.63, 3.8) is 0 Å². The first-order valence-corrected chi connectivity index (χ1v) is 7.06. The second-order valence-electron chi connectivity index (χ2n) is 4.74. The van der Waals surface area contributed by atoms with Crippen molar-refractivity contribution < 1.29 is 10.0 Å². The number of nitrogens with one attached hydrogen (secondary N) is 1. The van der Waals surface area contributed by atoms with Crippen LogP contribution in [0.25, 0.3) is 4.96 Å². The first kappa shape index (κ1) is 12.4. The number of rotatable bonds is 4. The molecule has 1 fully saturated rings. The molecule has 2 unspecified atom stereocenters. The third-order valence-corrected chi connectivity index (χ3v) is 4.32. The zero-order valence-corrected chi connectivity index (χ0v) is 11.0. The number of imidazole rings is 1. The highest BCUT2D eigenvalue weighted by atomic mass is 32.1. The first-order valence-electron chi connectivity index (χ1n) is 6.18. The van der Waals surface area contributed by atoms with Gasteiger partial charge in [-0.25, -0.2) is 0 Å².